The Morgan fingerprint density at radius 3 is 2.58 bits per heavy atom. The first-order chi connectivity index (χ1) is 18.4. The van der Waals surface area contributed by atoms with Gasteiger partial charge in [0.1, 0.15) is 11.3 Å². The van der Waals surface area contributed by atoms with Crippen LogP contribution in [0.2, 0.25) is 0 Å². The molecule has 10 heteroatoms. The summed E-state index contributed by atoms with van der Waals surface area (Å²) in [6, 6.07) is 6.03. The Labute approximate surface area is 221 Å². The van der Waals surface area contributed by atoms with Gasteiger partial charge in [-0.1, -0.05) is 6.92 Å². The van der Waals surface area contributed by atoms with Gasteiger partial charge in [-0.15, -0.1) is 5.10 Å². The minimum atomic E-state index is -2.47. The number of pyridine rings is 1. The van der Waals surface area contributed by atoms with Gasteiger partial charge in [0.2, 0.25) is 5.95 Å². The highest BCUT2D eigenvalue weighted by Gasteiger charge is 2.25. The zero-order valence-electron chi connectivity index (χ0n) is 22.2. The van der Waals surface area contributed by atoms with Crippen LogP contribution in [0.4, 0.5) is 14.7 Å². The number of nitrogens with zero attached hydrogens (tertiary/aromatic N) is 7. The van der Waals surface area contributed by atoms with Gasteiger partial charge in [0.05, 0.1) is 24.0 Å². The summed E-state index contributed by atoms with van der Waals surface area (Å²) in [6.07, 6.45) is 8.68. The van der Waals surface area contributed by atoms with Gasteiger partial charge in [0.25, 0.3) is 6.43 Å². The Morgan fingerprint density at radius 1 is 1.03 bits per heavy atom. The average molecular weight is 523 g/mol. The summed E-state index contributed by atoms with van der Waals surface area (Å²) in [6.45, 7) is 7.43. The summed E-state index contributed by atoms with van der Waals surface area (Å²) in [5.74, 6) is 2.83. The van der Waals surface area contributed by atoms with Gasteiger partial charge >= 0.3 is 0 Å². The van der Waals surface area contributed by atoms with Crippen molar-refractivity contribution in [2.24, 2.45) is 11.8 Å². The number of piperidine rings is 1. The van der Waals surface area contributed by atoms with Crippen molar-refractivity contribution in [1.29, 1.82) is 0 Å². The first kappa shape index (κ1) is 25.2. The van der Waals surface area contributed by atoms with E-state index in [0.29, 0.717) is 34.7 Å². The van der Waals surface area contributed by atoms with Gasteiger partial charge in [0.15, 0.2) is 5.65 Å². The van der Waals surface area contributed by atoms with Crippen LogP contribution in [-0.2, 0) is 6.54 Å². The number of likely N-dealkylation sites (tertiary alicyclic amines) is 1. The third-order valence-electron chi connectivity index (χ3n) is 8.37. The summed E-state index contributed by atoms with van der Waals surface area (Å²) >= 11 is 0. The number of nitrogens with one attached hydrogen (secondary N) is 1. The first-order valence-corrected chi connectivity index (χ1v) is 13.9. The fourth-order valence-corrected chi connectivity index (χ4v) is 6.09. The van der Waals surface area contributed by atoms with E-state index in [1.165, 1.54) is 49.9 Å². The Balaban J connectivity index is 1.12. The SMILES string of the molecule is Cc1nc2ccc(-c3ccn4nc(NC5CCC(CN6CCC(C)CC6)CC5)ncc34)nc2n1CC(F)F. The van der Waals surface area contributed by atoms with Crippen molar-refractivity contribution in [3.05, 3.63) is 36.4 Å². The summed E-state index contributed by atoms with van der Waals surface area (Å²) in [7, 11) is 0. The topological polar surface area (TPSA) is 76.2 Å². The molecule has 0 aromatic carbocycles. The van der Waals surface area contributed by atoms with E-state index >= 15 is 0 Å². The molecule has 0 spiro atoms. The first-order valence-electron chi connectivity index (χ1n) is 13.9. The lowest BCUT2D eigenvalue weighted by molar-refractivity contribution is 0.127. The lowest BCUT2D eigenvalue weighted by Crippen LogP contribution is -2.38. The molecular formula is C28H36F2N8. The van der Waals surface area contributed by atoms with Crippen LogP contribution in [0.5, 0.6) is 0 Å². The molecule has 1 saturated heterocycles. The Kier molecular flexibility index (Phi) is 6.99. The summed E-state index contributed by atoms with van der Waals surface area (Å²) in [4.78, 5) is 16.3. The van der Waals surface area contributed by atoms with E-state index < -0.39 is 13.0 Å². The molecule has 8 nitrogen and oxygen atoms in total. The highest BCUT2D eigenvalue weighted by atomic mass is 19.3. The number of halogens is 2. The monoisotopic (exact) mass is 522 g/mol. The molecule has 2 aliphatic rings. The number of aromatic nitrogens is 6. The minimum absolute atomic E-state index is 0.391. The largest absolute Gasteiger partial charge is 0.350 e. The van der Waals surface area contributed by atoms with Crippen molar-refractivity contribution in [2.75, 3.05) is 25.0 Å². The minimum Gasteiger partial charge on any atom is -0.350 e. The molecule has 1 N–H and O–H groups in total. The maximum Gasteiger partial charge on any atom is 0.256 e. The molecule has 0 bridgehead atoms. The lowest BCUT2D eigenvalue weighted by Gasteiger charge is -2.36. The van der Waals surface area contributed by atoms with Crippen molar-refractivity contribution >= 4 is 22.6 Å². The molecule has 0 unspecified atom stereocenters. The van der Waals surface area contributed by atoms with Crippen molar-refractivity contribution in [2.45, 2.75) is 71.4 Å². The highest BCUT2D eigenvalue weighted by Crippen LogP contribution is 2.29. The number of fused-ring (bicyclic) bond motifs is 2. The highest BCUT2D eigenvalue weighted by molar-refractivity contribution is 5.82. The quantitative estimate of drug-likeness (QED) is 0.350. The third kappa shape index (κ3) is 5.23. The molecule has 4 aromatic rings. The van der Waals surface area contributed by atoms with E-state index in [9.17, 15) is 8.78 Å². The molecule has 2 fully saturated rings. The molecule has 5 heterocycles. The number of aryl methyl sites for hydroxylation is 1. The van der Waals surface area contributed by atoms with Crippen molar-refractivity contribution in [3.63, 3.8) is 0 Å². The van der Waals surface area contributed by atoms with Crippen LogP contribution in [0.25, 0.3) is 27.9 Å². The summed E-state index contributed by atoms with van der Waals surface area (Å²) in [5, 5.41) is 8.25. The second-order valence-electron chi connectivity index (χ2n) is 11.2. The third-order valence-corrected chi connectivity index (χ3v) is 8.37. The van der Waals surface area contributed by atoms with E-state index in [2.05, 4.69) is 32.1 Å². The number of imidazole rings is 1. The van der Waals surface area contributed by atoms with Gasteiger partial charge in [-0.2, -0.15) is 0 Å². The number of hydrogen-bond donors (Lipinski definition) is 1. The van der Waals surface area contributed by atoms with Crippen molar-refractivity contribution in [1.82, 2.24) is 34.0 Å². The maximum atomic E-state index is 13.1. The normalized spacial score (nSPS) is 21.6. The summed E-state index contributed by atoms with van der Waals surface area (Å²) < 4.78 is 29.5. The molecule has 0 atom stereocenters. The molecular weight excluding hydrogens is 486 g/mol. The molecule has 1 aliphatic heterocycles. The summed E-state index contributed by atoms with van der Waals surface area (Å²) in [5.41, 5.74) is 3.43. The average Bonchev–Trinajstić information content (AvgIpc) is 3.46. The lowest BCUT2D eigenvalue weighted by atomic mass is 9.85. The van der Waals surface area contributed by atoms with Crippen LogP contribution in [0, 0.1) is 18.8 Å². The molecule has 202 valence electrons. The van der Waals surface area contributed by atoms with Crippen LogP contribution in [-0.4, -0.2) is 66.1 Å². The van der Waals surface area contributed by atoms with Gasteiger partial charge in [0, 0.05) is 24.3 Å². The zero-order valence-corrected chi connectivity index (χ0v) is 22.2. The predicted octanol–water partition coefficient (Wildman–Crippen LogP) is 5.42. The fourth-order valence-electron chi connectivity index (χ4n) is 6.09. The smallest absolute Gasteiger partial charge is 0.256 e. The van der Waals surface area contributed by atoms with Crippen LogP contribution >= 0.6 is 0 Å². The molecule has 4 aromatic heterocycles. The second kappa shape index (κ2) is 10.6. The van der Waals surface area contributed by atoms with E-state index in [-0.39, 0.29) is 0 Å². The Hall–Kier alpha value is -3.14. The molecule has 6 rings (SSSR count). The van der Waals surface area contributed by atoms with Gasteiger partial charge < -0.3 is 14.8 Å². The second-order valence-corrected chi connectivity index (χ2v) is 11.2. The van der Waals surface area contributed by atoms with Crippen LogP contribution in [0.3, 0.4) is 0 Å². The van der Waals surface area contributed by atoms with Crippen LogP contribution in [0.1, 0.15) is 51.3 Å². The maximum absolute atomic E-state index is 13.1. The Bertz CT molecular complexity index is 1400. The van der Waals surface area contributed by atoms with Gasteiger partial charge in [-0.3, -0.25) is 0 Å². The van der Waals surface area contributed by atoms with Crippen molar-refractivity contribution in [3.8, 4) is 11.3 Å². The van der Waals surface area contributed by atoms with Crippen molar-refractivity contribution < 1.29 is 8.78 Å². The van der Waals surface area contributed by atoms with Crippen LogP contribution < -0.4 is 5.32 Å². The molecule has 38 heavy (non-hydrogen) atoms. The number of rotatable bonds is 7. The number of anilines is 1. The predicted molar refractivity (Wildman–Crippen MR) is 144 cm³/mol. The fraction of sp³-hybridized carbons (Fsp3) is 0.571. The number of alkyl halides is 2. The zero-order chi connectivity index (χ0) is 26.2. The van der Waals surface area contributed by atoms with E-state index in [0.717, 1.165) is 35.8 Å². The molecule has 1 aliphatic carbocycles. The van der Waals surface area contributed by atoms with E-state index in [1.54, 1.807) is 17.6 Å². The standard InChI is InChI=1S/C28H36F2N8/c1-18-9-12-36(13-10-18)16-20-3-5-21(6-4-20)33-28-31-15-25-22(11-14-38(25)35-28)23-7-8-24-27(34-23)37(17-26(29)30)19(2)32-24/h7-8,11,14-15,18,20-21,26H,3-6,9-10,12-13,16-17H2,1-2H3,(H,33,35). The molecule has 0 radical (unpaired) electrons. The van der Waals surface area contributed by atoms with Gasteiger partial charge in [-0.05, 0) is 88.6 Å². The molecule has 0 amide bonds. The van der Waals surface area contributed by atoms with E-state index in [1.807, 2.05) is 24.4 Å². The van der Waals surface area contributed by atoms with Crippen LogP contribution in [0.15, 0.2) is 30.6 Å². The van der Waals surface area contributed by atoms with E-state index in [4.69, 9.17) is 5.10 Å². The van der Waals surface area contributed by atoms with Gasteiger partial charge in [-0.25, -0.2) is 28.2 Å². The number of hydrogen-bond acceptors (Lipinski definition) is 6. The molecule has 1 saturated carbocycles. The Morgan fingerprint density at radius 2 is 1.82 bits per heavy atom.